The van der Waals surface area contributed by atoms with Crippen LogP contribution in [0, 0.1) is 0 Å². The summed E-state index contributed by atoms with van der Waals surface area (Å²) >= 11 is 0. The Morgan fingerprint density at radius 2 is 1.75 bits per heavy atom. The zero-order valence-electron chi connectivity index (χ0n) is 17.6. The molecule has 164 valence electrons. The molecule has 3 amide bonds. The van der Waals surface area contributed by atoms with Crippen molar-refractivity contribution >= 4 is 34.7 Å². The molecule has 5 N–H and O–H groups in total. The van der Waals surface area contributed by atoms with Gasteiger partial charge in [-0.3, -0.25) is 9.80 Å². The second-order valence-corrected chi connectivity index (χ2v) is 7.43. The maximum absolute atomic E-state index is 12.8. The maximum atomic E-state index is 12.8. The second-order valence-electron chi connectivity index (χ2n) is 7.43. The first-order valence-electron chi connectivity index (χ1n) is 10.5. The van der Waals surface area contributed by atoms with Crippen LogP contribution in [-0.4, -0.2) is 31.6 Å². The van der Waals surface area contributed by atoms with Crippen molar-refractivity contribution in [1.82, 2.24) is 10.7 Å². The Morgan fingerprint density at radius 1 is 1.00 bits per heavy atom. The van der Waals surface area contributed by atoms with E-state index in [-0.39, 0.29) is 11.9 Å². The van der Waals surface area contributed by atoms with Gasteiger partial charge in [-0.25, -0.2) is 10.2 Å². The normalized spacial score (nSPS) is 13.3. The molecule has 1 saturated heterocycles. The highest BCUT2D eigenvalue weighted by Crippen LogP contribution is 2.24. The lowest BCUT2D eigenvalue weighted by Crippen LogP contribution is -2.47. The summed E-state index contributed by atoms with van der Waals surface area (Å²) in [4.78, 5) is 26.4. The summed E-state index contributed by atoms with van der Waals surface area (Å²) in [5.41, 5.74) is 12.9. The molecule has 0 aromatic heterocycles. The van der Waals surface area contributed by atoms with Crippen LogP contribution in [0.4, 0.5) is 27.5 Å². The molecule has 0 unspecified atom stereocenters. The molecule has 1 heterocycles. The molecular weight excluding hydrogens is 404 g/mol. The number of hydrogen-bond acceptors (Lipinski definition) is 5. The summed E-state index contributed by atoms with van der Waals surface area (Å²) in [6, 6.07) is 24.3. The highest BCUT2D eigenvalue weighted by molar-refractivity contribution is 5.91. The van der Waals surface area contributed by atoms with Crippen LogP contribution in [0.25, 0.3) is 0 Å². The molecule has 0 saturated carbocycles. The van der Waals surface area contributed by atoms with Crippen molar-refractivity contribution in [2.24, 2.45) is 5.73 Å². The van der Waals surface area contributed by atoms with E-state index in [1.807, 2.05) is 83.8 Å². The van der Waals surface area contributed by atoms with Gasteiger partial charge < -0.3 is 21.3 Å². The molecule has 1 fully saturated rings. The SMILES string of the molecule is NCc1cccc(N(NC(=O)Nc2ccc(N3CCNC(=O)C3)cc2)c2ccccc2)c1. The largest absolute Gasteiger partial charge is 0.360 e. The summed E-state index contributed by atoms with van der Waals surface area (Å²) in [6.07, 6.45) is 0. The van der Waals surface area contributed by atoms with Gasteiger partial charge in [0.05, 0.1) is 17.9 Å². The van der Waals surface area contributed by atoms with Crippen LogP contribution in [0.5, 0.6) is 0 Å². The van der Waals surface area contributed by atoms with Crippen LogP contribution in [0.15, 0.2) is 78.9 Å². The zero-order chi connectivity index (χ0) is 22.3. The van der Waals surface area contributed by atoms with Gasteiger partial charge in [-0.1, -0.05) is 30.3 Å². The monoisotopic (exact) mass is 430 g/mol. The molecule has 4 rings (SSSR count). The van der Waals surface area contributed by atoms with Crippen LogP contribution in [0.3, 0.4) is 0 Å². The number of carbonyl (C=O) groups is 2. The number of nitrogens with two attached hydrogens (primary N) is 1. The molecule has 0 atom stereocenters. The number of piperazine rings is 1. The molecule has 8 nitrogen and oxygen atoms in total. The number of urea groups is 1. The minimum atomic E-state index is -0.378. The van der Waals surface area contributed by atoms with Gasteiger partial charge in [-0.05, 0) is 54.1 Å². The van der Waals surface area contributed by atoms with Crippen LogP contribution in [0.2, 0.25) is 0 Å². The average Bonchev–Trinajstić information content (AvgIpc) is 2.83. The Morgan fingerprint density at radius 3 is 2.47 bits per heavy atom. The van der Waals surface area contributed by atoms with Crippen LogP contribution >= 0.6 is 0 Å². The van der Waals surface area contributed by atoms with Crippen molar-refractivity contribution in [2.45, 2.75) is 6.54 Å². The first kappa shape index (κ1) is 21.2. The predicted octanol–water partition coefficient (Wildman–Crippen LogP) is 2.96. The summed E-state index contributed by atoms with van der Waals surface area (Å²) in [6.45, 7) is 2.13. The average molecular weight is 431 g/mol. The van der Waals surface area contributed by atoms with Crippen molar-refractivity contribution in [1.29, 1.82) is 0 Å². The minimum absolute atomic E-state index is 0.0116. The van der Waals surface area contributed by atoms with Crippen molar-refractivity contribution in [3.8, 4) is 0 Å². The Bertz CT molecular complexity index is 1070. The molecule has 1 aliphatic heterocycles. The Balaban J connectivity index is 1.47. The highest BCUT2D eigenvalue weighted by Gasteiger charge is 2.17. The predicted molar refractivity (Wildman–Crippen MR) is 127 cm³/mol. The first-order valence-corrected chi connectivity index (χ1v) is 10.5. The topological polar surface area (TPSA) is 103 Å². The fourth-order valence-electron chi connectivity index (χ4n) is 3.55. The number of para-hydroxylation sites is 1. The molecule has 8 heteroatoms. The van der Waals surface area contributed by atoms with E-state index in [1.54, 1.807) is 5.01 Å². The third-order valence-electron chi connectivity index (χ3n) is 5.16. The summed E-state index contributed by atoms with van der Waals surface area (Å²) < 4.78 is 0. The maximum Gasteiger partial charge on any atom is 0.338 e. The van der Waals surface area contributed by atoms with Crippen LogP contribution in [-0.2, 0) is 11.3 Å². The lowest BCUT2D eigenvalue weighted by molar-refractivity contribution is -0.120. The number of benzene rings is 3. The standard InChI is InChI=1S/C24H26N6O2/c25-16-18-5-4-8-22(15-18)30(21-6-2-1-3-7-21)28-24(32)27-19-9-11-20(12-10-19)29-14-13-26-23(31)17-29/h1-12,15H,13-14,16-17,25H2,(H,26,31)(H2,27,28,32). The Kier molecular flexibility index (Phi) is 6.52. The molecule has 0 bridgehead atoms. The number of rotatable bonds is 6. The molecule has 3 aromatic carbocycles. The fraction of sp³-hybridized carbons (Fsp3) is 0.167. The summed E-state index contributed by atoms with van der Waals surface area (Å²) in [7, 11) is 0. The first-order chi connectivity index (χ1) is 15.6. The van der Waals surface area contributed by atoms with E-state index in [4.69, 9.17) is 5.73 Å². The van der Waals surface area contributed by atoms with E-state index >= 15 is 0 Å². The third-order valence-corrected chi connectivity index (χ3v) is 5.16. The molecule has 3 aromatic rings. The minimum Gasteiger partial charge on any atom is -0.360 e. The highest BCUT2D eigenvalue weighted by atomic mass is 16.2. The van der Waals surface area contributed by atoms with E-state index in [9.17, 15) is 9.59 Å². The van der Waals surface area contributed by atoms with E-state index in [0.717, 1.165) is 29.2 Å². The van der Waals surface area contributed by atoms with Crippen LogP contribution < -0.4 is 31.7 Å². The van der Waals surface area contributed by atoms with E-state index in [1.165, 1.54) is 0 Å². The van der Waals surface area contributed by atoms with Gasteiger partial charge in [0.2, 0.25) is 5.91 Å². The molecule has 0 spiro atoms. The van der Waals surface area contributed by atoms with E-state index in [0.29, 0.717) is 25.3 Å². The fourth-order valence-corrected chi connectivity index (χ4v) is 3.55. The van der Waals surface area contributed by atoms with Crippen molar-refractivity contribution in [3.05, 3.63) is 84.4 Å². The molecule has 0 radical (unpaired) electrons. The van der Waals surface area contributed by atoms with Crippen molar-refractivity contribution in [3.63, 3.8) is 0 Å². The molecule has 1 aliphatic rings. The van der Waals surface area contributed by atoms with Gasteiger partial charge in [0.25, 0.3) is 0 Å². The molecule has 0 aliphatic carbocycles. The number of carbonyl (C=O) groups excluding carboxylic acids is 2. The third kappa shape index (κ3) is 5.16. The molecular formula is C24H26N6O2. The van der Waals surface area contributed by atoms with Gasteiger partial charge in [-0.15, -0.1) is 0 Å². The van der Waals surface area contributed by atoms with Gasteiger partial charge in [0, 0.05) is 31.0 Å². The summed E-state index contributed by atoms with van der Waals surface area (Å²) in [5, 5.41) is 7.40. The quantitative estimate of drug-likeness (QED) is 0.450. The van der Waals surface area contributed by atoms with Crippen molar-refractivity contribution in [2.75, 3.05) is 34.9 Å². The van der Waals surface area contributed by atoms with Crippen LogP contribution in [0.1, 0.15) is 5.56 Å². The number of nitrogens with zero attached hydrogens (tertiary/aromatic N) is 2. The number of nitrogens with one attached hydrogen (secondary N) is 3. The zero-order valence-corrected chi connectivity index (χ0v) is 17.6. The van der Waals surface area contributed by atoms with Gasteiger partial charge in [0.15, 0.2) is 0 Å². The smallest absolute Gasteiger partial charge is 0.338 e. The van der Waals surface area contributed by atoms with Gasteiger partial charge in [0.1, 0.15) is 0 Å². The van der Waals surface area contributed by atoms with Crippen molar-refractivity contribution < 1.29 is 9.59 Å². The second kappa shape index (κ2) is 9.84. The van der Waals surface area contributed by atoms with Gasteiger partial charge in [-0.2, -0.15) is 0 Å². The number of hydrazine groups is 1. The van der Waals surface area contributed by atoms with E-state index in [2.05, 4.69) is 16.1 Å². The lowest BCUT2D eigenvalue weighted by Gasteiger charge is -2.28. The number of hydrogen-bond donors (Lipinski definition) is 4. The van der Waals surface area contributed by atoms with E-state index < -0.39 is 0 Å². The summed E-state index contributed by atoms with van der Waals surface area (Å²) in [5.74, 6) is 0.0116. The van der Waals surface area contributed by atoms with Gasteiger partial charge >= 0.3 is 6.03 Å². The number of amides is 3. The Labute approximate surface area is 187 Å². The molecule has 32 heavy (non-hydrogen) atoms. The number of anilines is 4. The lowest BCUT2D eigenvalue weighted by atomic mass is 10.2. The Hall–Kier alpha value is -4.04.